The average molecular weight is 616 g/mol. The molecular formula is C32H37N7O6. The van der Waals surface area contributed by atoms with E-state index in [1.165, 1.54) is 4.57 Å². The van der Waals surface area contributed by atoms with Crippen LogP contribution in [-0.2, 0) is 27.2 Å². The number of aromatic amines is 1. The van der Waals surface area contributed by atoms with Crippen LogP contribution in [0.25, 0.3) is 11.2 Å². The summed E-state index contributed by atoms with van der Waals surface area (Å²) < 4.78 is 14.2. The summed E-state index contributed by atoms with van der Waals surface area (Å²) in [6.07, 6.45) is 0.794. The smallest absolute Gasteiger partial charge is 0.412 e. The predicted octanol–water partition coefficient (Wildman–Crippen LogP) is 3.63. The molecule has 3 heterocycles. The standard InChI is InChI=1S/C32H37N7O6/c1-32(2,3)45-31(43)34-24-17-22(37-13-15-44-16-14-37)11-12-23(24)33-26(40)18-25-35-28-27(38(25)19-20-7-5-4-6-8-20)29(41)36-30(42)39(28)21-9-10-21/h4-8,11-12,17,21H,9-10,13-16,18-19H2,1-3H3,(H,33,40)(H,34,43)(H,36,41,42). The van der Waals surface area contributed by atoms with Crippen molar-refractivity contribution in [2.45, 2.75) is 58.2 Å². The molecule has 0 bridgehead atoms. The van der Waals surface area contributed by atoms with Crippen molar-refractivity contribution in [2.24, 2.45) is 0 Å². The first-order valence-corrected chi connectivity index (χ1v) is 15.1. The maximum absolute atomic E-state index is 13.6. The van der Waals surface area contributed by atoms with Crippen LogP contribution in [0.1, 0.15) is 51.0 Å². The summed E-state index contributed by atoms with van der Waals surface area (Å²) >= 11 is 0. The van der Waals surface area contributed by atoms with Crippen molar-refractivity contribution in [2.75, 3.05) is 41.8 Å². The molecule has 3 N–H and O–H groups in total. The van der Waals surface area contributed by atoms with Crippen LogP contribution in [0.4, 0.5) is 21.9 Å². The number of rotatable bonds is 8. The molecule has 6 rings (SSSR count). The van der Waals surface area contributed by atoms with Crippen LogP contribution in [0.15, 0.2) is 58.1 Å². The lowest BCUT2D eigenvalue weighted by Crippen LogP contribution is -2.36. The molecule has 13 heteroatoms. The molecular weight excluding hydrogens is 578 g/mol. The van der Waals surface area contributed by atoms with Gasteiger partial charge in [0.1, 0.15) is 11.4 Å². The highest BCUT2D eigenvalue weighted by Crippen LogP contribution is 2.35. The second-order valence-corrected chi connectivity index (χ2v) is 12.3. The van der Waals surface area contributed by atoms with Gasteiger partial charge < -0.3 is 24.3 Å². The van der Waals surface area contributed by atoms with Gasteiger partial charge in [0, 0.05) is 31.4 Å². The van der Waals surface area contributed by atoms with Gasteiger partial charge in [-0.05, 0) is 57.4 Å². The molecule has 45 heavy (non-hydrogen) atoms. The molecule has 4 aromatic rings. The molecule has 1 saturated carbocycles. The summed E-state index contributed by atoms with van der Waals surface area (Å²) in [4.78, 5) is 61.5. The summed E-state index contributed by atoms with van der Waals surface area (Å²) in [5.41, 5.74) is 1.26. The number of benzene rings is 2. The molecule has 1 aliphatic heterocycles. The Morgan fingerprint density at radius 2 is 1.76 bits per heavy atom. The van der Waals surface area contributed by atoms with Gasteiger partial charge in [-0.1, -0.05) is 30.3 Å². The Morgan fingerprint density at radius 3 is 2.44 bits per heavy atom. The number of fused-ring (bicyclic) bond motifs is 1. The van der Waals surface area contributed by atoms with Gasteiger partial charge in [-0.15, -0.1) is 0 Å². The van der Waals surface area contributed by atoms with Gasteiger partial charge in [-0.25, -0.2) is 14.6 Å². The zero-order valence-corrected chi connectivity index (χ0v) is 25.6. The number of morpholine rings is 1. The zero-order chi connectivity index (χ0) is 31.7. The molecule has 0 radical (unpaired) electrons. The van der Waals surface area contributed by atoms with E-state index in [4.69, 9.17) is 14.5 Å². The van der Waals surface area contributed by atoms with E-state index in [0.717, 1.165) is 24.1 Å². The maximum atomic E-state index is 13.6. The fraction of sp³-hybridized carbons (Fsp3) is 0.406. The third kappa shape index (κ3) is 6.93. The third-order valence-corrected chi connectivity index (χ3v) is 7.61. The number of aromatic nitrogens is 4. The second kappa shape index (κ2) is 12.2. The number of carbonyl (C=O) groups excluding carboxylic acids is 2. The van der Waals surface area contributed by atoms with Gasteiger partial charge in [0.05, 0.1) is 31.0 Å². The largest absolute Gasteiger partial charge is 0.444 e. The first-order valence-electron chi connectivity index (χ1n) is 15.1. The molecule has 0 atom stereocenters. The highest BCUT2D eigenvalue weighted by atomic mass is 16.6. The van der Waals surface area contributed by atoms with Crippen LogP contribution in [0.5, 0.6) is 0 Å². The number of anilines is 3. The van der Waals surface area contributed by atoms with E-state index in [0.29, 0.717) is 43.5 Å². The van der Waals surface area contributed by atoms with Crippen LogP contribution in [0.2, 0.25) is 0 Å². The van der Waals surface area contributed by atoms with Gasteiger partial charge in [-0.3, -0.25) is 24.5 Å². The molecule has 236 valence electrons. The Balaban J connectivity index is 1.33. The molecule has 2 aliphatic rings. The number of nitrogens with zero attached hydrogens (tertiary/aromatic N) is 4. The van der Waals surface area contributed by atoms with Crippen molar-refractivity contribution in [1.82, 2.24) is 19.1 Å². The first kappa shape index (κ1) is 30.1. The maximum Gasteiger partial charge on any atom is 0.412 e. The molecule has 2 fully saturated rings. The number of hydrogen-bond donors (Lipinski definition) is 3. The molecule has 2 amide bonds. The minimum Gasteiger partial charge on any atom is -0.444 e. The summed E-state index contributed by atoms with van der Waals surface area (Å²) in [5, 5.41) is 5.69. The highest BCUT2D eigenvalue weighted by Gasteiger charge is 2.30. The average Bonchev–Trinajstić information content (AvgIpc) is 3.76. The van der Waals surface area contributed by atoms with Gasteiger partial charge in [0.2, 0.25) is 5.91 Å². The Morgan fingerprint density at radius 1 is 1.02 bits per heavy atom. The third-order valence-electron chi connectivity index (χ3n) is 7.61. The highest BCUT2D eigenvalue weighted by molar-refractivity contribution is 5.99. The van der Waals surface area contributed by atoms with E-state index < -0.39 is 28.9 Å². The normalized spacial score (nSPS) is 15.2. The van der Waals surface area contributed by atoms with Gasteiger partial charge in [0.15, 0.2) is 11.2 Å². The Hall–Kier alpha value is -4.91. The van der Waals surface area contributed by atoms with Crippen molar-refractivity contribution in [3.63, 3.8) is 0 Å². The van der Waals surface area contributed by atoms with E-state index >= 15 is 0 Å². The van der Waals surface area contributed by atoms with E-state index in [2.05, 4.69) is 20.5 Å². The summed E-state index contributed by atoms with van der Waals surface area (Å²) in [6, 6.07) is 14.9. The molecule has 13 nitrogen and oxygen atoms in total. The topological polar surface area (TPSA) is 153 Å². The fourth-order valence-electron chi connectivity index (χ4n) is 5.45. The Labute approximate surface area is 259 Å². The van der Waals surface area contributed by atoms with E-state index in [-0.39, 0.29) is 30.2 Å². The SMILES string of the molecule is CC(C)(C)OC(=O)Nc1cc(N2CCOCC2)ccc1NC(=O)Cc1nc2c(c(=O)[nH]c(=O)n2C2CC2)n1Cc1ccccc1. The van der Waals surface area contributed by atoms with Crippen LogP contribution < -0.4 is 26.8 Å². The lowest BCUT2D eigenvalue weighted by atomic mass is 10.2. The minimum atomic E-state index is -0.716. The van der Waals surface area contributed by atoms with Gasteiger partial charge in [-0.2, -0.15) is 0 Å². The predicted molar refractivity (Wildman–Crippen MR) is 170 cm³/mol. The number of ether oxygens (including phenoxy) is 2. The summed E-state index contributed by atoms with van der Waals surface area (Å²) in [5.74, 6) is -0.0776. The number of H-pyrrole nitrogens is 1. The number of nitrogens with one attached hydrogen (secondary N) is 3. The van der Waals surface area contributed by atoms with Crippen molar-refractivity contribution >= 4 is 40.2 Å². The quantitative estimate of drug-likeness (QED) is 0.272. The summed E-state index contributed by atoms with van der Waals surface area (Å²) in [7, 11) is 0. The number of imidazole rings is 1. The van der Waals surface area contributed by atoms with Crippen molar-refractivity contribution < 1.29 is 19.1 Å². The Bertz CT molecular complexity index is 1840. The van der Waals surface area contributed by atoms with Crippen molar-refractivity contribution in [3.8, 4) is 0 Å². The van der Waals surface area contributed by atoms with E-state index in [1.807, 2.05) is 36.4 Å². The van der Waals surface area contributed by atoms with Crippen molar-refractivity contribution in [1.29, 1.82) is 0 Å². The molecule has 1 saturated heterocycles. The zero-order valence-electron chi connectivity index (χ0n) is 25.6. The lowest BCUT2D eigenvalue weighted by molar-refractivity contribution is -0.115. The minimum absolute atomic E-state index is 0.0370. The lowest BCUT2D eigenvalue weighted by Gasteiger charge is -2.29. The van der Waals surface area contributed by atoms with Gasteiger partial charge in [0.25, 0.3) is 5.56 Å². The fourth-order valence-corrected chi connectivity index (χ4v) is 5.45. The number of carbonyl (C=O) groups is 2. The monoisotopic (exact) mass is 615 g/mol. The summed E-state index contributed by atoms with van der Waals surface area (Å²) in [6.45, 7) is 8.17. The number of hydrogen-bond acceptors (Lipinski definition) is 8. The molecule has 1 aliphatic carbocycles. The second-order valence-electron chi connectivity index (χ2n) is 12.3. The van der Waals surface area contributed by atoms with Crippen LogP contribution in [0, 0.1) is 0 Å². The van der Waals surface area contributed by atoms with Crippen LogP contribution in [-0.4, -0.2) is 63.0 Å². The molecule has 0 spiro atoms. The number of amides is 2. The van der Waals surface area contributed by atoms with E-state index in [9.17, 15) is 19.2 Å². The van der Waals surface area contributed by atoms with Crippen LogP contribution >= 0.6 is 0 Å². The van der Waals surface area contributed by atoms with Crippen LogP contribution in [0.3, 0.4) is 0 Å². The molecule has 2 aromatic heterocycles. The Kier molecular flexibility index (Phi) is 8.19. The molecule has 2 aromatic carbocycles. The first-order chi connectivity index (χ1) is 21.6. The van der Waals surface area contributed by atoms with Crippen molar-refractivity contribution in [3.05, 3.63) is 80.8 Å². The molecule has 0 unspecified atom stereocenters. The van der Waals surface area contributed by atoms with E-state index in [1.54, 1.807) is 37.5 Å². The van der Waals surface area contributed by atoms with Gasteiger partial charge >= 0.3 is 11.8 Å².